The number of hydrogen-bond acceptors (Lipinski definition) is 4. The van der Waals surface area contributed by atoms with Gasteiger partial charge in [-0.15, -0.1) is 0 Å². The highest BCUT2D eigenvalue weighted by Gasteiger charge is 2.10. The molecule has 0 radical (unpaired) electrons. The minimum absolute atomic E-state index is 0.0718. The van der Waals surface area contributed by atoms with E-state index >= 15 is 0 Å². The number of ether oxygens (including phenoxy) is 1. The molecule has 0 atom stereocenters. The molecule has 1 N–H and O–H groups in total. The first-order valence-electron chi connectivity index (χ1n) is 8.65. The van der Waals surface area contributed by atoms with Crippen LogP contribution in [0.1, 0.15) is 10.4 Å². The summed E-state index contributed by atoms with van der Waals surface area (Å²) in [7, 11) is 3.40. The van der Waals surface area contributed by atoms with Gasteiger partial charge >= 0.3 is 0 Å². The van der Waals surface area contributed by atoms with Crippen LogP contribution in [0.15, 0.2) is 83.8 Å². The van der Waals surface area contributed by atoms with Crippen LogP contribution in [-0.2, 0) is 0 Å². The number of benzene rings is 3. The monoisotopic (exact) mass is 392 g/mol. The van der Waals surface area contributed by atoms with Crippen LogP contribution in [0.25, 0.3) is 0 Å². The third kappa shape index (κ3) is 5.37. The van der Waals surface area contributed by atoms with Crippen molar-refractivity contribution in [2.24, 2.45) is 0 Å². The molecule has 0 unspecified atom stereocenters. The molecule has 0 bridgehead atoms. The molecule has 5 nitrogen and oxygen atoms in total. The van der Waals surface area contributed by atoms with Gasteiger partial charge in [-0.1, -0.05) is 24.3 Å². The zero-order chi connectivity index (χ0) is 19.9. The molecule has 0 aliphatic rings. The first kappa shape index (κ1) is 19.5. The van der Waals surface area contributed by atoms with Crippen LogP contribution in [0, 0.1) is 0 Å². The van der Waals surface area contributed by atoms with Gasteiger partial charge in [0, 0.05) is 30.2 Å². The van der Waals surface area contributed by atoms with Crippen LogP contribution in [0.5, 0.6) is 11.5 Å². The molecule has 0 saturated carbocycles. The van der Waals surface area contributed by atoms with Crippen molar-refractivity contribution in [2.75, 3.05) is 19.4 Å². The summed E-state index contributed by atoms with van der Waals surface area (Å²) >= 11 is 1.11. The summed E-state index contributed by atoms with van der Waals surface area (Å²) in [6.45, 7) is 0. The van der Waals surface area contributed by atoms with E-state index in [9.17, 15) is 9.59 Å². The number of amides is 2. The van der Waals surface area contributed by atoms with Gasteiger partial charge in [-0.3, -0.25) is 9.59 Å². The molecule has 6 heteroatoms. The van der Waals surface area contributed by atoms with Crippen molar-refractivity contribution >= 4 is 28.6 Å². The Balaban J connectivity index is 1.64. The zero-order valence-corrected chi connectivity index (χ0v) is 16.4. The van der Waals surface area contributed by atoms with Crippen LogP contribution in [0.4, 0.5) is 10.5 Å². The summed E-state index contributed by atoms with van der Waals surface area (Å²) in [6, 6.07) is 23.6. The maximum Gasteiger partial charge on any atom is 0.285 e. The molecule has 3 aromatic rings. The van der Waals surface area contributed by atoms with Gasteiger partial charge in [0.05, 0.1) is 0 Å². The number of hydrogen-bond donors (Lipinski definition) is 1. The summed E-state index contributed by atoms with van der Waals surface area (Å²) in [4.78, 5) is 26.6. The van der Waals surface area contributed by atoms with Gasteiger partial charge in [-0.05, 0) is 66.4 Å². The van der Waals surface area contributed by atoms with Crippen molar-refractivity contribution in [3.63, 3.8) is 0 Å². The minimum atomic E-state index is -0.229. The Morgan fingerprint density at radius 3 is 2.21 bits per heavy atom. The van der Waals surface area contributed by atoms with E-state index in [1.807, 2.05) is 36.4 Å². The number of carbonyl (C=O) groups is 2. The molecule has 0 aliphatic heterocycles. The van der Waals surface area contributed by atoms with E-state index in [1.54, 1.807) is 56.6 Å². The smallest absolute Gasteiger partial charge is 0.285 e. The van der Waals surface area contributed by atoms with Crippen LogP contribution < -0.4 is 10.1 Å². The third-order valence-corrected chi connectivity index (χ3v) is 4.79. The Morgan fingerprint density at radius 1 is 0.857 bits per heavy atom. The molecule has 2 amide bonds. The summed E-state index contributed by atoms with van der Waals surface area (Å²) in [5.74, 6) is 1.16. The van der Waals surface area contributed by atoms with Gasteiger partial charge in [0.15, 0.2) is 0 Å². The number of carbonyl (C=O) groups excluding carboxylic acids is 2. The fourth-order valence-electron chi connectivity index (χ4n) is 2.33. The number of nitrogens with zero attached hydrogens (tertiary/aromatic N) is 1. The molecular formula is C22H20N2O3S. The number of para-hydroxylation sites is 1. The summed E-state index contributed by atoms with van der Waals surface area (Å²) in [5.41, 5.74) is 1.15. The molecular weight excluding hydrogens is 372 g/mol. The standard InChI is InChI=1S/C22H20N2O3S/c1-24(2)22(26)28-20-10-6-7-17(15-20)23-21(25)16-11-13-19(14-12-16)27-18-8-4-3-5-9-18/h3-15H,1-2H3,(H,23,25). The first-order chi connectivity index (χ1) is 13.5. The predicted molar refractivity (Wildman–Crippen MR) is 112 cm³/mol. The van der Waals surface area contributed by atoms with Gasteiger partial charge in [0.2, 0.25) is 0 Å². The summed E-state index contributed by atoms with van der Waals surface area (Å²) in [5, 5.41) is 2.78. The average Bonchev–Trinajstić information content (AvgIpc) is 2.69. The van der Waals surface area contributed by atoms with Gasteiger partial charge in [0.1, 0.15) is 11.5 Å². The van der Waals surface area contributed by atoms with E-state index in [2.05, 4.69) is 5.32 Å². The topological polar surface area (TPSA) is 58.6 Å². The van der Waals surface area contributed by atoms with Crippen LogP contribution in [-0.4, -0.2) is 30.1 Å². The van der Waals surface area contributed by atoms with Crippen molar-refractivity contribution in [1.29, 1.82) is 0 Å². The predicted octanol–water partition coefficient (Wildman–Crippen LogP) is 5.50. The highest BCUT2D eigenvalue weighted by atomic mass is 32.2. The SMILES string of the molecule is CN(C)C(=O)Sc1cccc(NC(=O)c2ccc(Oc3ccccc3)cc2)c1. The molecule has 3 aromatic carbocycles. The van der Waals surface area contributed by atoms with Crippen molar-refractivity contribution in [1.82, 2.24) is 4.90 Å². The molecule has 0 aromatic heterocycles. The third-order valence-electron chi connectivity index (χ3n) is 3.76. The lowest BCUT2D eigenvalue weighted by Gasteiger charge is -2.11. The zero-order valence-electron chi connectivity index (χ0n) is 15.6. The number of thioether (sulfide) groups is 1. The van der Waals surface area contributed by atoms with E-state index in [4.69, 9.17) is 4.74 Å². The van der Waals surface area contributed by atoms with E-state index in [0.717, 1.165) is 22.4 Å². The first-order valence-corrected chi connectivity index (χ1v) is 9.46. The van der Waals surface area contributed by atoms with Crippen molar-refractivity contribution in [3.05, 3.63) is 84.4 Å². The minimum Gasteiger partial charge on any atom is -0.457 e. The molecule has 0 fully saturated rings. The summed E-state index contributed by atoms with van der Waals surface area (Å²) in [6.07, 6.45) is 0. The second-order valence-corrected chi connectivity index (χ2v) is 7.21. The molecule has 142 valence electrons. The lowest BCUT2D eigenvalue weighted by atomic mass is 10.2. The lowest BCUT2D eigenvalue weighted by Crippen LogP contribution is -2.16. The normalized spacial score (nSPS) is 10.2. The van der Waals surface area contributed by atoms with Gasteiger partial charge in [-0.25, -0.2) is 0 Å². The Bertz CT molecular complexity index is 957. The second kappa shape index (κ2) is 9.10. The van der Waals surface area contributed by atoms with Crippen LogP contribution in [0.2, 0.25) is 0 Å². The van der Waals surface area contributed by atoms with Gasteiger partial charge < -0.3 is 15.0 Å². The Morgan fingerprint density at radius 2 is 1.54 bits per heavy atom. The fraction of sp³-hybridized carbons (Fsp3) is 0.0909. The molecule has 3 rings (SSSR count). The van der Waals surface area contributed by atoms with Crippen LogP contribution in [0.3, 0.4) is 0 Å². The molecule has 28 heavy (non-hydrogen) atoms. The number of rotatable bonds is 5. The largest absolute Gasteiger partial charge is 0.457 e. The molecule has 0 aliphatic carbocycles. The Labute approximate surface area is 168 Å². The average molecular weight is 392 g/mol. The summed E-state index contributed by atoms with van der Waals surface area (Å²) < 4.78 is 5.73. The highest BCUT2D eigenvalue weighted by Crippen LogP contribution is 2.25. The van der Waals surface area contributed by atoms with E-state index in [1.165, 1.54) is 4.90 Å². The van der Waals surface area contributed by atoms with Crippen molar-refractivity contribution < 1.29 is 14.3 Å². The molecule has 0 saturated heterocycles. The lowest BCUT2D eigenvalue weighted by molar-refractivity contribution is 0.102. The van der Waals surface area contributed by atoms with E-state index in [-0.39, 0.29) is 11.1 Å². The Kier molecular flexibility index (Phi) is 6.34. The molecule has 0 spiro atoms. The van der Waals surface area contributed by atoms with Gasteiger partial charge in [-0.2, -0.15) is 0 Å². The van der Waals surface area contributed by atoms with Crippen molar-refractivity contribution in [3.8, 4) is 11.5 Å². The number of nitrogens with one attached hydrogen (secondary N) is 1. The Hall–Kier alpha value is -3.25. The van der Waals surface area contributed by atoms with Crippen molar-refractivity contribution in [2.45, 2.75) is 4.90 Å². The quantitative estimate of drug-likeness (QED) is 0.582. The van der Waals surface area contributed by atoms with Gasteiger partial charge in [0.25, 0.3) is 11.1 Å². The highest BCUT2D eigenvalue weighted by molar-refractivity contribution is 8.13. The number of anilines is 1. The molecule has 0 heterocycles. The van der Waals surface area contributed by atoms with E-state index in [0.29, 0.717) is 17.0 Å². The van der Waals surface area contributed by atoms with E-state index < -0.39 is 0 Å². The second-order valence-electron chi connectivity index (χ2n) is 6.18. The van der Waals surface area contributed by atoms with Crippen LogP contribution >= 0.6 is 11.8 Å². The maximum absolute atomic E-state index is 12.5. The maximum atomic E-state index is 12.5. The fourth-order valence-corrected chi connectivity index (χ4v) is 3.05.